The zero-order valence-electron chi connectivity index (χ0n) is 15.4. The van der Waals surface area contributed by atoms with Gasteiger partial charge in [0, 0.05) is 24.5 Å². The van der Waals surface area contributed by atoms with Crippen molar-refractivity contribution < 1.29 is 9.21 Å². The highest BCUT2D eigenvalue weighted by molar-refractivity contribution is 7.98. The second-order valence-electron chi connectivity index (χ2n) is 6.04. The maximum Gasteiger partial charge on any atom is 0.317 e. The fourth-order valence-electron chi connectivity index (χ4n) is 2.59. The minimum atomic E-state index is -0.0603. The summed E-state index contributed by atoms with van der Waals surface area (Å²) in [7, 11) is 3.95. The van der Waals surface area contributed by atoms with Crippen molar-refractivity contribution in [3.05, 3.63) is 54.0 Å². The van der Waals surface area contributed by atoms with Crippen molar-refractivity contribution >= 4 is 17.8 Å². The molecule has 0 aliphatic heterocycles. The van der Waals surface area contributed by atoms with E-state index in [2.05, 4.69) is 35.8 Å². The van der Waals surface area contributed by atoms with Gasteiger partial charge in [-0.3, -0.25) is 4.90 Å². The highest BCUT2D eigenvalue weighted by atomic mass is 32.2. The van der Waals surface area contributed by atoms with Crippen molar-refractivity contribution in [2.45, 2.75) is 24.4 Å². The Morgan fingerprint density at radius 3 is 2.48 bits per heavy atom. The molecule has 0 aliphatic rings. The molecular formula is C19H27N3O2S. The summed E-state index contributed by atoms with van der Waals surface area (Å²) >= 11 is 1.71. The number of furan rings is 1. The van der Waals surface area contributed by atoms with E-state index >= 15 is 0 Å². The van der Waals surface area contributed by atoms with Crippen molar-refractivity contribution in [3.8, 4) is 0 Å². The molecule has 2 amide bonds. The number of urea groups is 1. The highest BCUT2D eigenvalue weighted by Gasteiger charge is 2.19. The van der Waals surface area contributed by atoms with Gasteiger partial charge < -0.3 is 14.6 Å². The molecule has 0 fully saturated rings. The topological polar surface area (TPSA) is 48.7 Å². The monoisotopic (exact) mass is 361 g/mol. The normalized spacial score (nSPS) is 12.2. The Balaban J connectivity index is 1.94. The van der Waals surface area contributed by atoms with Crippen LogP contribution in [-0.4, -0.2) is 49.3 Å². The van der Waals surface area contributed by atoms with Crippen LogP contribution in [0.3, 0.4) is 0 Å². The van der Waals surface area contributed by atoms with Gasteiger partial charge in [0.1, 0.15) is 5.76 Å². The van der Waals surface area contributed by atoms with Gasteiger partial charge in [-0.15, -0.1) is 11.8 Å². The smallest absolute Gasteiger partial charge is 0.317 e. The van der Waals surface area contributed by atoms with Crippen LogP contribution in [0.2, 0.25) is 0 Å². The third-order valence-electron chi connectivity index (χ3n) is 4.14. The van der Waals surface area contributed by atoms with Gasteiger partial charge in [-0.25, -0.2) is 4.79 Å². The zero-order valence-corrected chi connectivity index (χ0v) is 16.2. The number of nitrogens with one attached hydrogen (secondary N) is 1. The summed E-state index contributed by atoms with van der Waals surface area (Å²) in [6, 6.07) is 12.1. The Bertz CT molecular complexity index is 641. The number of benzene rings is 1. The van der Waals surface area contributed by atoms with Crippen LogP contribution in [0, 0.1) is 0 Å². The summed E-state index contributed by atoms with van der Waals surface area (Å²) < 4.78 is 5.48. The molecule has 0 bridgehead atoms. The molecule has 2 rings (SSSR count). The van der Waals surface area contributed by atoms with E-state index in [0.29, 0.717) is 19.6 Å². The first-order valence-electron chi connectivity index (χ1n) is 8.40. The number of thioether (sulfide) groups is 1. The first-order valence-corrected chi connectivity index (χ1v) is 9.63. The van der Waals surface area contributed by atoms with Gasteiger partial charge in [0.25, 0.3) is 0 Å². The number of rotatable bonds is 8. The van der Waals surface area contributed by atoms with Crippen molar-refractivity contribution in [2.24, 2.45) is 0 Å². The molecule has 1 aromatic heterocycles. The van der Waals surface area contributed by atoms with Crippen LogP contribution in [-0.2, 0) is 6.54 Å². The molecule has 1 unspecified atom stereocenters. The van der Waals surface area contributed by atoms with E-state index < -0.39 is 0 Å². The maximum atomic E-state index is 12.6. The van der Waals surface area contributed by atoms with Gasteiger partial charge in [0.15, 0.2) is 0 Å². The van der Waals surface area contributed by atoms with Crippen LogP contribution in [0.15, 0.2) is 52.0 Å². The summed E-state index contributed by atoms with van der Waals surface area (Å²) in [4.78, 5) is 17.6. The lowest BCUT2D eigenvalue weighted by Gasteiger charge is -2.26. The quantitative estimate of drug-likeness (QED) is 0.726. The molecule has 0 aliphatic carbocycles. The Morgan fingerprint density at radius 1 is 1.24 bits per heavy atom. The molecule has 1 heterocycles. The predicted molar refractivity (Wildman–Crippen MR) is 103 cm³/mol. The number of hydrogen-bond donors (Lipinski definition) is 1. The molecule has 2 aromatic rings. The number of likely N-dealkylation sites (N-methyl/N-ethyl adjacent to an activating group) is 1. The largest absolute Gasteiger partial charge is 0.468 e. The van der Waals surface area contributed by atoms with Crippen LogP contribution in [0.25, 0.3) is 0 Å². The van der Waals surface area contributed by atoms with Crippen LogP contribution in [0.5, 0.6) is 0 Å². The molecule has 1 N–H and O–H groups in total. The molecule has 0 saturated carbocycles. The van der Waals surface area contributed by atoms with Gasteiger partial charge in [0.05, 0.1) is 12.3 Å². The number of hydrogen-bond acceptors (Lipinski definition) is 4. The molecule has 0 radical (unpaired) electrons. The van der Waals surface area contributed by atoms with Gasteiger partial charge in [-0.2, -0.15) is 0 Å². The lowest BCUT2D eigenvalue weighted by Crippen LogP contribution is -2.42. The molecule has 0 spiro atoms. The van der Waals surface area contributed by atoms with Gasteiger partial charge in [-0.05, 0) is 57.1 Å². The molecular weight excluding hydrogens is 334 g/mol. The van der Waals surface area contributed by atoms with Crippen LogP contribution < -0.4 is 5.32 Å². The molecule has 1 aromatic carbocycles. The summed E-state index contributed by atoms with van der Waals surface area (Å²) in [6.45, 7) is 3.75. The summed E-state index contributed by atoms with van der Waals surface area (Å²) in [5, 5.41) is 3.03. The van der Waals surface area contributed by atoms with E-state index in [4.69, 9.17) is 4.42 Å². The summed E-state index contributed by atoms with van der Waals surface area (Å²) in [6.07, 6.45) is 3.71. The lowest BCUT2D eigenvalue weighted by molar-refractivity contribution is 0.189. The van der Waals surface area contributed by atoms with Crippen LogP contribution >= 0.6 is 11.8 Å². The molecule has 1 atom stereocenters. The van der Waals surface area contributed by atoms with Gasteiger partial charge in [0.2, 0.25) is 0 Å². The third kappa shape index (κ3) is 5.54. The molecule has 25 heavy (non-hydrogen) atoms. The Kier molecular flexibility index (Phi) is 7.40. The summed E-state index contributed by atoms with van der Waals surface area (Å²) in [5.41, 5.74) is 1.13. The lowest BCUT2D eigenvalue weighted by atomic mass is 10.2. The fraction of sp³-hybridized carbons (Fsp3) is 0.421. The number of carbonyl (C=O) groups excluding carboxylic acids is 1. The maximum absolute atomic E-state index is 12.6. The van der Waals surface area contributed by atoms with Gasteiger partial charge >= 0.3 is 6.03 Å². The van der Waals surface area contributed by atoms with Gasteiger partial charge in [-0.1, -0.05) is 12.1 Å². The molecule has 136 valence electrons. The van der Waals surface area contributed by atoms with Crippen molar-refractivity contribution in [1.82, 2.24) is 15.1 Å². The minimum Gasteiger partial charge on any atom is -0.468 e. The Morgan fingerprint density at radius 2 is 1.96 bits per heavy atom. The Labute approximate surface area is 154 Å². The van der Waals surface area contributed by atoms with Crippen LogP contribution in [0.1, 0.15) is 24.3 Å². The Hall–Kier alpha value is -1.92. The minimum absolute atomic E-state index is 0.0125. The van der Waals surface area contributed by atoms with Crippen molar-refractivity contribution in [3.63, 3.8) is 0 Å². The zero-order chi connectivity index (χ0) is 18.2. The highest BCUT2D eigenvalue weighted by Crippen LogP contribution is 2.18. The fourth-order valence-corrected chi connectivity index (χ4v) is 3.00. The van der Waals surface area contributed by atoms with Crippen LogP contribution in [0.4, 0.5) is 4.79 Å². The average Bonchev–Trinajstić information content (AvgIpc) is 3.14. The first-order chi connectivity index (χ1) is 12.0. The predicted octanol–water partition coefficient (Wildman–Crippen LogP) is 3.84. The molecule has 0 saturated heterocycles. The number of nitrogens with zero attached hydrogens (tertiary/aromatic N) is 2. The second kappa shape index (κ2) is 9.53. The average molecular weight is 362 g/mol. The standard InChI is InChI=1S/C19H27N3O2S/c1-5-22(14-15-8-10-16(25-4)11-9-15)19(23)20-13-17(21(2)3)18-7-6-12-24-18/h6-12,17H,5,13-14H2,1-4H3,(H,20,23). The number of amides is 2. The molecule has 5 nitrogen and oxygen atoms in total. The summed E-state index contributed by atoms with van der Waals surface area (Å²) in [5.74, 6) is 0.848. The van der Waals surface area contributed by atoms with Crippen molar-refractivity contribution in [1.29, 1.82) is 0 Å². The number of carbonyl (C=O) groups is 1. The third-order valence-corrected chi connectivity index (χ3v) is 4.89. The second-order valence-corrected chi connectivity index (χ2v) is 6.92. The SMILES string of the molecule is CCN(Cc1ccc(SC)cc1)C(=O)NCC(c1ccco1)N(C)C. The van der Waals surface area contributed by atoms with E-state index in [1.165, 1.54) is 4.90 Å². The first kappa shape index (κ1) is 19.4. The van der Waals surface area contributed by atoms with Crippen molar-refractivity contribution in [2.75, 3.05) is 33.4 Å². The van der Waals surface area contributed by atoms with E-state index in [0.717, 1.165) is 11.3 Å². The van der Waals surface area contributed by atoms with E-state index in [1.54, 1.807) is 18.0 Å². The van der Waals surface area contributed by atoms with E-state index in [1.807, 2.05) is 43.0 Å². The molecule has 6 heteroatoms. The van der Waals surface area contributed by atoms with E-state index in [-0.39, 0.29) is 12.1 Å². The van der Waals surface area contributed by atoms with E-state index in [9.17, 15) is 4.79 Å².